The van der Waals surface area contributed by atoms with E-state index in [4.69, 9.17) is 4.74 Å². The molecule has 2 aliphatic heterocycles. The molecule has 6 heteroatoms. The highest BCUT2D eigenvalue weighted by Gasteiger charge is 2.24. The normalized spacial score (nSPS) is 20.2. The maximum atomic E-state index is 12.4. The molecule has 132 valence electrons. The second-order valence-electron chi connectivity index (χ2n) is 6.94. The Morgan fingerprint density at radius 1 is 1.21 bits per heavy atom. The summed E-state index contributed by atoms with van der Waals surface area (Å²) < 4.78 is 5.43. The van der Waals surface area contributed by atoms with Gasteiger partial charge >= 0.3 is 6.03 Å². The molecular weight excluding hydrogens is 304 g/mol. The van der Waals surface area contributed by atoms with E-state index in [9.17, 15) is 4.79 Å². The molecule has 3 heterocycles. The summed E-state index contributed by atoms with van der Waals surface area (Å²) in [4.78, 5) is 21.2. The fraction of sp³-hybridized carbons (Fsp3) is 0.667. The van der Waals surface area contributed by atoms with Gasteiger partial charge in [-0.2, -0.15) is 0 Å². The Labute approximate surface area is 144 Å². The number of carbonyl (C=O) groups excluding carboxylic acids is 1. The Morgan fingerprint density at radius 2 is 1.92 bits per heavy atom. The van der Waals surface area contributed by atoms with Crippen molar-refractivity contribution >= 4 is 11.8 Å². The van der Waals surface area contributed by atoms with Gasteiger partial charge in [-0.05, 0) is 50.3 Å². The molecule has 0 atom stereocenters. The molecule has 0 radical (unpaired) electrons. The van der Waals surface area contributed by atoms with Gasteiger partial charge in [0.15, 0.2) is 0 Å². The standard InChI is InChI=1S/C18H28N4O2/c1-14-11-15(2)19-17(12-14)20-18(23)22-7-5-21(6-8-22)13-16-3-9-24-10-4-16/h11-12,16H,3-10,13H2,1-2H3,(H,19,20,23). The Kier molecular flexibility index (Phi) is 5.68. The summed E-state index contributed by atoms with van der Waals surface area (Å²) in [6.45, 7) is 10.3. The number of aryl methyl sites for hydroxylation is 2. The van der Waals surface area contributed by atoms with E-state index in [1.165, 1.54) is 12.8 Å². The largest absolute Gasteiger partial charge is 0.381 e. The van der Waals surface area contributed by atoms with Crippen molar-refractivity contribution < 1.29 is 9.53 Å². The number of hydrogen-bond acceptors (Lipinski definition) is 4. The summed E-state index contributed by atoms with van der Waals surface area (Å²) >= 11 is 0. The Hall–Kier alpha value is -1.66. The zero-order chi connectivity index (χ0) is 16.9. The molecule has 6 nitrogen and oxygen atoms in total. The van der Waals surface area contributed by atoms with E-state index in [2.05, 4.69) is 15.2 Å². The van der Waals surface area contributed by atoms with Gasteiger partial charge in [-0.1, -0.05) is 0 Å². The van der Waals surface area contributed by atoms with Crippen molar-refractivity contribution in [3.8, 4) is 0 Å². The number of amides is 2. The number of urea groups is 1. The van der Waals surface area contributed by atoms with Crippen LogP contribution in [0.5, 0.6) is 0 Å². The summed E-state index contributed by atoms with van der Waals surface area (Å²) in [7, 11) is 0. The van der Waals surface area contributed by atoms with Crippen LogP contribution in [0.25, 0.3) is 0 Å². The van der Waals surface area contributed by atoms with Gasteiger partial charge in [0, 0.05) is 51.6 Å². The maximum absolute atomic E-state index is 12.4. The molecule has 0 bridgehead atoms. The molecule has 3 rings (SSSR count). The first-order valence-corrected chi connectivity index (χ1v) is 8.91. The first kappa shape index (κ1) is 17.2. The summed E-state index contributed by atoms with van der Waals surface area (Å²) in [6.07, 6.45) is 2.33. The number of hydrogen-bond donors (Lipinski definition) is 1. The molecule has 24 heavy (non-hydrogen) atoms. The van der Waals surface area contributed by atoms with E-state index in [0.717, 1.165) is 63.1 Å². The maximum Gasteiger partial charge on any atom is 0.323 e. The Balaban J connectivity index is 1.46. The zero-order valence-electron chi connectivity index (χ0n) is 14.8. The summed E-state index contributed by atoms with van der Waals surface area (Å²) in [5, 5.41) is 2.93. The van der Waals surface area contributed by atoms with Crippen LogP contribution >= 0.6 is 0 Å². The van der Waals surface area contributed by atoms with Gasteiger partial charge < -0.3 is 9.64 Å². The van der Waals surface area contributed by atoms with E-state index in [0.29, 0.717) is 5.82 Å². The molecule has 1 aromatic rings. The number of anilines is 1. The van der Waals surface area contributed by atoms with Crippen LogP contribution in [0.1, 0.15) is 24.1 Å². The number of carbonyl (C=O) groups is 1. The molecule has 0 saturated carbocycles. The molecule has 0 aliphatic carbocycles. The van der Waals surface area contributed by atoms with Crippen molar-refractivity contribution in [2.75, 3.05) is 51.3 Å². The summed E-state index contributed by atoms with van der Waals surface area (Å²) in [5.74, 6) is 1.39. The van der Waals surface area contributed by atoms with Crippen LogP contribution < -0.4 is 5.32 Å². The molecule has 1 aromatic heterocycles. The molecule has 0 unspecified atom stereocenters. The van der Waals surface area contributed by atoms with Crippen molar-refractivity contribution in [3.05, 3.63) is 23.4 Å². The highest BCUT2D eigenvalue weighted by atomic mass is 16.5. The third-order valence-corrected chi connectivity index (χ3v) is 4.85. The predicted molar refractivity (Wildman–Crippen MR) is 94.3 cm³/mol. The number of ether oxygens (including phenoxy) is 1. The lowest BCUT2D eigenvalue weighted by atomic mass is 9.99. The quantitative estimate of drug-likeness (QED) is 0.922. The second kappa shape index (κ2) is 7.94. The van der Waals surface area contributed by atoms with Crippen LogP contribution in [0.15, 0.2) is 12.1 Å². The smallest absolute Gasteiger partial charge is 0.323 e. The molecule has 1 N–H and O–H groups in total. The number of nitrogens with one attached hydrogen (secondary N) is 1. The monoisotopic (exact) mass is 332 g/mol. The number of rotatable bonds is 3. The first-order valence-electron chi connectivity index (χ1n) is 8.91. The van der Waals surface area contributed by atoms with Crippen molar-refractivity contribution in [1.29, 1.82) is 0 Å². The molecule has 2 fully saturated rings. The second-order valence-corrected chi connectivity index (χ2v) is 6.94. The number of piperazine rings is 1. The number of pyridine rings is 1. The van der Waals surface area contributed by atoms with Crippen LogP contribution in [0.2, 0.25) is 0 Å². The minimum absolute atomic E-state index is 0.0433. The minimum atomic E-state index is -0.0433. The Morgan fingerprint density at radius 3 is 2.58 bits per heavy atom. The van der Waals surface area contributed by atoms with Crippen LogP contribution in [-0.2, 0) is 4.74 Å². The summed E-state index contributed by atoms with van der Waals surface area (Å²) in [6, 6.07) is 3.87. The van der Waals surface area contributed by atoms with Crippen molar-refractivity contribution in [2.24, 2.45) is 5.92 Å². The van der Waals surface area contributed by atoms with Crippen molar-refractivity contribution in [1.82, 2.24) is 14.8 Å². The van der Waals surface area contributed by atoms with E-state index in [1.807, 2.05) is 30.9 Å². The molecule has 2 aliphatic rings. The van der Waals surface area contributed by atoms with Crippen LogP contribution in [0, 0.1) is 19.8 Å². The Bertz CT molecular complexity index is 544. The van der Waals surface area contributed by atoms with Gasteiger partial charge in [-0.3, -0.25) is 10.2 Å². The average molecular weight is 332 g/mol. The summed E-state index contributed by atoms with van der Waals surface area (Å²) in [5.41, 5.74) is 2.03. The lowest BCUT2D eigenvalue weighted by Crippen LogP contribution is -2.51. The third kappa shape index (κ3) is 4.68. The van der Waals surface area contributed by atoms with Crippen LogP contribution in [0.3, 0.4) is 0 Å². The predicted octanol–water partition coefficient (Wildman–Crippen LogP) is 2.27. The van der Waals surface area contributed by atoms with Crippen molar-refractivity contribution in [3.63, 3.8) is 0 Å². The van der Waals surface area contributed by atoms with E-state index in [1.54, 1.807) is 0 Å². The SMILES string of the molecule is Cc1cc(C)nc(NC(=O)N2CCN(CC3CCOCC3)CC2)c1. The lowest BCUT2D eigenvalue weighted by Gasteiger charge is -2.37. The van der Waals surface area contributed by atoms with Gasteiger partial charge in [0.2, 0.25) is 0 Å². The lowest BCUT2D eigenvalue weighted by molar-refractivity contribution is 0.0457. The topological polar surface area (TPSA) is 57.7 Å². The van der Waals surface area contributed by atoms with Gasteiger partial charge in [0.25, 0.3) is 0 Å². The fourth-order valence-corrected chi connectivity index (χ4v) is 3.52. The van der Waals surface area contributed by atoms with Crippen LogP contribution in [-0.4, -0.2) is 66.8 Å². The average Bonchev–Trinajstić information content (AvgIpc) is 2.55. The van der Waals surface area contributed by atoms with Gasteiger partial charge in [-0.15, -0.1) is 0 Å². The van der Waals surface area contributed by atoms with E-state index < -0.39 is 0 Å². The first-order chi connectivity index (χ1) is 11.6. The molecule has 0 spiro atoms. The minimum Gasteiger partial charge on any atom is -0.381 e. The molecule has 0 aromatic carbocycles. The highest BCUT2D eigenvalue weighted by Crippen LogP contribution is 2.17. The number of nitrogens with zero attached hydrogens (tertiary/aromatic N) is 3. The number of aromatic nitrogens is 1. The highest BCUT2D eigenvalue weighted by molar-refractivity contribution is 5.88. The van der Waals surface area contributed by atoms with E-state index >= 15 is 0 Å². The van der Waals surface area contributed by atoms with Crippen molar-refractivity contribution in [2.45, 2.75) is 26.7 Å². The molecule has 2 saturated heterocycles. The third-order valence-electron chi connectivity index (χ3n) is 4.85. The van der Waals surface area contributed by atoms with Gasteiger partial charge in [0.05, 0.1) is 0 Å². The fourth-order valence-electron chi connectivity index (χ4n) is 3.52. The zero-order valence-corrected chi connectivity index (χ0v) is 14.8. The van der Waals surface area contributed by atoms with Crippen LogP contribution in [0.4, 0.5) is 10.6 Å². The van der Waals surface area contributed by atoms with Gasteiger partial charge in [0.1, 0.15) is 5.82 Å². The van der Waals surface area contributed by atoms with Gasteiger partial charge in [-0.25, -0.2) is 9.78 Å². The molecular formula is C18H28N4O2. The molecule has 2 amide bonds. The van der Waals surface area contributed by atoms with E-state index in [-0.39, 0.29) is 6.03 Å².